The van der Waals surface area contributed by atoms with Crippen molar-refractivity contribution in [3.05, 3.63) is 27.6 Å². The molecule has 1 aliphatic heterocycles. The molecule has 0 radical (unpaired) electrons. The molecule has 2 heterocycles. The maximum Gasteiger partial charge on any atom is 0.231 e. The fourth-order valence-corrected chi connectivity index (χ4v) is 2.87. The molecule has 1 N–H and O–H groups in total. The molecule has 1 aromatic carbocycles. The van der Waals surface area contributed by atoms with E-state index >= 15 is 0 Å². The highest BCUT2D eigenvalue weighted by atomic mass is 32.1. The largest absolute Gasteiger partial charge is 0.454 e. The number of hydrogen-bond donors (Lipinski definition) is 1. The summed E-state index contributed by atoms with van der Waals surface area (Å²) < 4.78 is 10.7. The highest BCUT2D eigenvalue weighted by Crippen LogP contribution is 2.39. The molecule has 0 saturated carbocycles. The lowest BCUT2D eigenvalue weighted by Gasteiger charge is -2.06. The topological polar surface area (TPSA) is 51.6 Å². The number of aliphatic hydroxyl groups is 1. The van der Waals surface area contributed by atoms with Crippen LogP contribution in [0.1, 0.15) is 15.4 Å². The number of nitrogens with zero attached hydrogens (tertiary/aromatic N) is 1. The van der Waals surface area contributed by atoms with Gasteiger partial charge in [-0.3, -0.25) is 0 Å². The van der Waals surface area contributed by atoms with Gasteiger partial charge in [-0.05, 0) is 31.5 Å². The Balaban J connectivity index is 2.13. The van der Waals surface area contributed by atoms with Crippen LogP contribution in [0.4, 0.5) is 0 Å². The van der Waals surface area contributed by atoms with Crippen molar-refractivity contribution in [1.29, 1.82) is 0 Å². The molecule has 1 aromatic heterocycles. The van der Waals surface area contributed by atoms with Crippen molar-refractivity contribution < 1.29 is 14.6 Å². The van der Waals surface area contributed by atoms with E-state index in [1.165, 1.54) is 11.3 Å². The second-order valence-corrected chi connectivity index (χ2v) is 5.48. The van der Waals surface area contributed by atoms with Crippen LogP contribution in [0, 0.1) is 13.8 Å². The summed E-state index contributed by atoms with van der Waals surface area (Å²) in [5, 5.41) is 9.89. The molecule has 0 fully saturated rings. The number of rotatable bonds is 2. The van der Waals surface area contributed by atoms with Gasteiger partial charge in [-0.25, -0.2) is 4.98 Å². The summed E-state index contributed by atoms with van der Waals surface area (Å²) in [6, 6.07) is 3.93. The standard InChI is InChI=1S/C13H13NO3S/c1-7-3-10-11(17-6-16-10)4-9(7)13-8(2)18-12(5-15)14-13/h3-4,15H,5-6H2,1-2H3. The number of aromatic nitrogens is 1. The summed E-state index contributed by atoms with van der Waals surface area (Å²) in [5.74, 6) is 1.54. The first-order chi connectivity index (χ1) is 8.69. The maximum absolute atomic E-state index is 9.15. The van der Waals surface area contributed by atoms with Gasteiger partial charge >= 0.3 is 0 Å². The molecular weight excluding hydrogens is 250 g/mol. The average molecular weight is 263 g/mol. The fourth-order valence-electron chi connectivity index (χ4n) is 2.07. The van der Waals surface area contributed by atoms with Crippen LogP contribution in [0.25, 0.3) is 11.3 Å². The van der Waals surface area contributed by atoms with Crippen LogP contribution in [-0.2, 0) is 6.61 Å². The van der Waals surface area contributed by atoms with Crippen molar-refractivity contribution in [3.63, 3.8) is 0 Å². The molecule has 0 aliphatic carbocycles. The first-order valence-corrected chi connectivity index (χ1v) is 6.48. The molecule has 4 nitrogen and oxygen atoms in total. The zero-order chi connectivity index (χ0) is 12.7. The first-order valence-electron chi connectivity index (χ1n) is 5.67. The summed E-state index contributed by atoms with van der Waals surface area (Å²) in [5.41, 5.74) is 3.05. The monoisotopic (exact) mass is 263 g/mol. The summed E-state index contributed by atoms with van der Waals surface area (Å²) in [6.07, 6.45) is 0. The van der Waals surface area contributed by atoms with Gasteiger partial charge in [0.25, 0.3) is 0 Å². The lowest BCUT2D eigenvalue weighted by atomic mass is 10.0. The van der Waals surface area contributed by atoms with Crippen molar-refractivity contribution in [2.24, 2.45) is 0 Å². The van der Waals surface area contributed by atoms with E-state index in [0.29, 0.717) is 0 Å². The molecule has 18 heavy (non-hydrogen) atoms. The van der Waals surface area contributed by atoms with E-state index in [1.54, 1.807) is 0 Å². The van der Waals surface area contributed by atoms with Crippen molar-refractivity contribution in [2.45, 2.75) is 20.5 Å². The number of fused-ring (bicyclic) bond motifs is 1. The molecule has 2 aromatic rings. The highest BCUT2D eigenvalue weighted by molar-refractivity contribution is 7.12. The van der Waals surface area contributed by atoms with Crippen LogP contribution in [0.15, 0.2) is 12.1 Å². The third-order valence-corrected chi connectivity index (χ3v) is 3.91. The van der Waals surface area contributed by atoms with E-state index in [9.17, 15) is 0 Å². The molecule has 0 unspecified atom stereocenters. The molecule has 5 heteroatoms. The van der Waals surface area contributed by atoms with Crippen molar-refractivity contribution >= 4 is 11.3 Å². The summed E-state index contributed by atoms with van der Waals surface area (Å²) in [4.78, 5) is 5.56. The summed E-state index contributed by atoms with van der Waals surface area (Å²) in [6.45, 7) is 4.29. The van der Waals surface area contributed by atoms with Gasteiger partial charge in [-0.2, -0.15) is 0 Å². The number of benzene rings is 1. The minimum Gasteiger partial charge on any atom is -0.454 e. The lowest BCUT2D eigenvalue weighted by molar-refractivity contribution is 0.174. The normalized spacial score (nSPS) is 13.1. The Bertz CT molecular complexity index is 607. The predicted molar refractivity (Wildman–Crippen MR) is 69.1 cm³/mol. The Kier molecular flexibility index (Phi) is 2.72. The van der Waals surface area contributed by atoms with Crippen LogP contribution in [-0.4, -0.2) is 16.9 Å². The maximum atomic E-state index is 9.15. The summed E-state index contributed by atoms with van der Waals surface area (Å²) >= 11 is 1.52. The first kappa shape index (κ1) is 11.5. The van der Waals surface area contributed by atoms with Gasteiger partial charge in [-0.1, -0.05) is 0 Å². The van der Waals surface area contributed by atoms with Gasteiger partial charge in [0.15, 0.2) is 11.5 Å². The van der Waals surface area contributed by atoms with Crippen LogP contribution in [0.2, 0.25) is 0 Å². The predicted octanol–water partition coefficient (Wildman–Crippen LogP) is 2.65. The van der Waals surface area contributed by atoms with E-state index in [4.69, 9.17) is 14.6 Å². The molecule has 3 rings (SSSR count). The number of thiazole rings is 1. The molecule has 1 aliphatic rings. The van der Waals surface area contributed by atoms with Crippen LogP contribution >= 0.6 is 11.3 Å². The van der Waals surface area contributed by atoms with Crippen molar-refractivity contribution in [1.82, 2.24) is 4.98 Å². The third kappa shape index (κ3) is 1.76. The van der Waals surface area contributed by atoms with Crippen LogP contribution in [0.5, 0.6) is 11.5 Å². The minimum atomic E-state index is -0.0187. The zero-order valence-electron chi connectivity index (χ0n) is 10.2. The van der Waals surface area contributed by atoms with Gasteiger partial charge in [0.1, 0.15) is 5.01 Å². The lowest BCUT2D eigenvalue weighted by Crippen LogP contribution is -1.92. The van der Waals surface area contributed by atoms with Crippen LogP contribution < -0.4 is 9.47 Å². The number of ether oxygens (including phenoxy) is 2. The van der Waals surface area contributed by atoms with E-state index in [-0.39, 0.29) is 13.4 Å². The number of aryl methyl sites for hydroxylation is 2. The van der Waals surface area contributed by atoms with Gasteiger partial charge in [0.05, 0.1) is 12.3 Å². The SMILES string of the molecule is Cc1cc2c(cc1-c1nc(CO)sc1C)OCO2. The molecule has 0 bridgehead atoms. The quantitative estimate of drug-likeness (QED) is 0.905. The molecule has 0 atom stereocenters. The van der Waals surface area contributed by atoms with Crippen LogP contribution in [0.3, 0.4) is 0 Å². The number of aliphatic hydroxyl groups excluding tert-OH is 1. The molecular formula is C13H13NO3S. The molecule has 0 saturated heterocycles. The second kappa shape index (κ2) is 4.26. The van der Waals surface area contributed by atoms with Crippen molar-refractivity contribution in [2.75, 3.05) is 6.79 Å². The third-order valence-electron chi connectivity index (χ3n) is 2.95. The zero-order valence-corrected chi connectivity index (χ0v) is 11.0. The van der Waals surface area contributed by atoms with E-state index in [0.717, 1.165) is 38.2 Å². The Hall–Kier alpha value is -1.59. The van der Waals surface area contributed by atoms with Gasteiger partial charge in [-0.15, -0.1) is 11.3 Å². The Morgan fingerprint density at radius 1 is 1.28 bits per heavy atom. The molecule has 94 valence electrons. The number of hydrogen-bond acceptors (Lipinski definition) is 5. The Morgan fingerprint density at radius 2 is 2.00 bits per heavy atom. The average Bonchev–Trinajstić information content (AvgIpc) is 2.93. The van der Waals surface area contributed by atoms with E-state index in [1.807, 2.05) is 26.0 Å². The van der Waals surface area contributed by atoms with Gasteiger partial charge < -0.3 is 14.6 Å². The van der Waals surface area contributed by atoms with Crippen molar-refractivity contribution in [3.8, 4) is 22.8 Å². The van der Waals surface area contributed by atoms with Gasteiger partial charge in [0, 0.05) is 10.4 Å². The van der Waals surface area contributed by atoms with E-state index < -0.39 is 0 Å². The molecule has 0 spiro atoms. The highest BCUT2D eigenvalue weighted by Gasteiger charge is 2.19. The second-order valence-electron chi connectivity index (χ2n) is 4.19. The molecule has 0 amide bonds. The van der Waals surface area contributed by atoms with Gasteiger partial charge in [0.2, 0.25) is 6.79 Å². The minimum absolute atomic E-state index is 0.0187. The van der Waals surface area contributed by atoms with E-state index in [2.05, 4.69) is 4.98 Å². The Morgan fingerprint density at radius 3 is 2.67 bits per heavy atom. The summed E-state index contributed by atoms with van der Waals surface area (Å²) in [7, 11) is 0. The Labute approximate surface area is 109 Å². The fraction of sp³-hybridized carbons (Fsp3) is 0.308. The smallest absolute Gasteiger partial charge is 0.231 e.